The van der Waals surface area contributed by atoms with Gasteiger partial charge in [-0.15, -0.1) is 0 Å². The molecule has 8 nitrogen and oxygen atoms in total. The standard InChI is InChI=1S/C20H25N3O5S/c1-5-23(6-2)29(26,27)17-11-12-19(28-4)18(13-17)22-20(25)15-7-9-16(10-8-15)21-14(3)24/h7-13H,5-6H2,1-4H3,(H,21,24)(H,22,25). The average Bonchev–Trinajstić information content (AvgIpc) is 2.68. The molecule has 0 unspecified atom stereocenters. The second kappa shape index (κ2) is 9.53. The number of benzene rings is 2. The molecule has 0 radical (unpaired) electrons. The van der Waals surface area contributed by atoms with Gasteiger partial charge in [-0.1, -0.05) is 13.8 Å². The largest absolute Gasteiger partial charge is 0.495 e. The van der Waals surface area contributed by atoms with Crippen molar-refractivity contribution in [2.24, 2.45) is 0 Å². The summed E-state index contributed by atoms with van der Waals surface area (Å²) in [5, 5.41) is 5.31. The van der Waals surface area contributed by atoms with Crippen LogP contribution in [0, 0.1) is 0 Å². The van der Waals surface area contributed by atoms with Crippen LogP contribution in [0.3, 0.4) is 0 Å². The Bertz CT molecular complexity index is 984. The highest BCUT2D eigenvalue weighted by Crippen LogP contribution is 2.29. The van der Waals surface area contributed by atoms with E-state index in [4.69, 9.17) is 4.74 Å². The van der Waals surface area contributed by atoms with Crippen LogP contribution in [0.15, 0.2) is 47.4 Å². The number of hydrogen-bond acceptors (Lipinski definition) is 5. The number of anilines is 2. The summed E-state index contributed by atoms with van der Waals surface area (Å²) in [6.45, 7) is 5.60. The number of carbonyl (C=O) groups excluding carboxylic acids is 2. The number of sulfonamides is 1. The zero-order chi connectivity index (χ0) is 21.6. The van der Waals surface area contributed by atoms with Gasteiger partial charge in [0.1, 0.15) is 5.75 Å². The van der Waals surface area contributed by atoms with Gasteiger partial charge in [0.05, 0.1) is 17.7 Å². The minimum Gasteiger partial charge on any atom is -0.495 e. The fourth-order valence-electron chi connectivity index (χ4n) is 2.76. The molecule has 9 heteroatoms. The monoisotopic (exact) mass is 419 g/mol. The SMILES string of the molecule is CCN(CC)S(=O)(=O)c1ccc(OC)c(NC(=O)c2ccc(NC(C)=O)cc2)c1. The summed E-state index contributed by atoms with van der Waals surface area (Å²) in [4.78, 5) is 23.8. The Labute approximate surface area is 170 Å². The molecule has 0 saturated heterocycles. The van der Waals surface area contributed by atoms with Crippen molar-refractivity contribution in [3.8, 4) is 5.75 Å². The Morgan fingerprint density at radius 1 is 1.00 bits per heavy atom. The van der Waals surface area contributed by atoms with Crippen LogP contribution in [0.1, 0.15) is 31.1 Å². The van der Waals surface area contributed by atoms with Crippen LogP contribution < -0.4 is 15.4 Å². The van der Waals surface area contributed by atoms with E-state index in [9.17, 15) is 18.0 Å². The van der Waals surface area contributed by atoms with E-state index in [0.29, 0.717) is 30.1 Å². The second-order valence-electron chi connectivity index (χ2n) is 6.16. The van der Waals surface area contributed by atoms with Gasteiger partial charge in [-0.05, 0) is 42.5 Å². The number of carbonyl (C=O) groups is 2. The van der Waals surface area contributed by atoms with Crippen LogP contribution in [0.5, 0.6) is 5.75 Å². The summed E-state index contributed by atoms with van der Waals surface area (Å²) in [6, 6.07) is 10.7. The molecule has 29 heavy (non-hydrogen) atoms. The van der Waals surface area contributed by atoms with E-state index >= 15 is 0 Å². The first-order chi connectivity index (χ1) is 13.7. The second-order valence-corrected chi connectivity index (χ2v) is 8.10. The fourth-order valence-corrected chi connectivity index (χ4v) is 4.25. The lowest BCUT2D eigenvalue weighted by atomic mass is 10.2. The Balaban J connectivity index is 2.31. The van der Waals surface area contributed by atoms with Crippen LogP contribution in [0.25, 0.3) is 0 Å². The van der Waals surface area contributed by atoms with Gasteiger partial charge < -0.3 is 15.4 Å². The minimum atomic E-state index is -3.68. The molecule has 0 fully saturated rings. The van der Waals surface area contributed by atoms with Crippen LogP contribution in [0.4, 0.5) is 11.4 Å². The van der Waals surface area contributed by atoms with E-state index in [1.807, 2.05) is 0 Å². The van der Waals surface area contributed by atoms with Crippen LogP contribution in [-0.4, -0.2) is 44.7 Å². The summed E-state index contributed by atoms with van der Waals surface area (Å²) < 4.78 is 32.1. The molecule has 0 aromatic heterocycles. The number of hydrogen-bond donors (Lipinski definition) is 2. The summed E-state index contributed by atoms with van der Waals surface area (Å²) in [6.07, 6.45) is 0. The van der Waals surface area contributed by atoms with Crippen molar-refractivity contribution >= 4 is 33.2 Å². The number of rotatable bonds is 8. The molecule has 0 bridgehead atoms. The van der Waals surface area contributed by atoms with Crippen molar-refractivity contribution in [1.82, 2.24) is 4.31 Å². The van der Waals surface area contributed by atoms with Gasteiger partial charge in [-0.2, -0.15) is 4.31 Å². The lowest BCUT2D eigenvalue weighted by Crippen LogP contribution is -2.30. The Morgan fingerprint density at radius 3 is 2.14 bits per heavy atom. The quantitative estimate of drug-likeness (QED) is 0.684. The maximum atomic E-state index is 12.8. The van der Waals surface area contributed by atoms with Crippen LogP contribution in [-0.2, 0) is 14.8 Å². The van der Waals surface area contributed by atoms with E-state index in [0.717, 1.165) is 0 Å². The molecule has 0 aliphatic rings. The summed E-state index contributed by atoms with van der Waals surface area (Å²) >= 11 is 0. The number of nitrogens with zero attached hydrogens (tertiary/aromatic N) is 1. The first-order valence-corrected chi connectivity index (χ1v) is 10.5. The highest BCUT2D eigenvalue weighted by atomic mass is 32.2. The molecule has 156 valence electrons. The smallest absolute Gasteiger partial charge is 0.255 e. The average molecular weight is 420 g/mol. The summed E-state index contributed by atoms with van der Waals surface area (Å²) in [7, 11) is -2.24. The van der Waals surface area contributed by atoms with Gasteiger partial charge in [-0.3, -0.25) is 9.59 Å². The molecule has 0 saturated carbocycles. The van der Waals surface area contributed by atoms with E-state index in [2.05, 4.69) is 10.6 Å². The van der Waals surface area contributed by atoms with E-state index in [1.165, 1.54) is 36.5 Å². The fraction of sp³-hybridized carbons (Fsp3) is 0.300. The third-order valence-electron chi connectivity index (χ3n) is 4.23. The predicted molar refractivity (Wildman–Crippen MR) is 112 cm³/mol. The van der Waals surface area contributed by atoms with Gasteiger partial charge in [0.2, 0.25) is 15.9 Å². The van der Waals surface area contributed by atoms with Crippen molar-refractivity contribution < 1.29 is 22.7 Å². The lowest BCUT2D eigenvalue weighted by Gasteiger charge is -2.19. The topological polar surface area (TPSA) is 105 Å². The van der Waals surface area contributed by atoms with Gasteiger partial charge >= 0.3 is 0 Å². The number of ether oxygens (including phenoxy) is 1. The summed E-state index contributed by atoms with van der Waals surface area (Å²) in [5.74, 6) is -0.306. The third kappa shape index (κ3) is 5.33. The maximum Gasteiger partial charge on any atom is 0.255 e. The van der Waals surface area contributed by atoms with Crippen molar-refractivity contribution in [3.05, 3.63) is 48.0 Å². The predicted octanol–water partition coefficient (Wildman–Crippen LogP) is 2.94. The zero-order valence-electron chi connectivity index (χ0n) is 16.9. The molecule has 2 aromatic rings. The maximum absolute atomic E-state index is 12.8. The molecule has 0 aliphatic carbocycles. The van der Waals surface area contributed by atoms with Crippen LogP contribution in [0.2, 0.25) is 0 Å². The van der Waals surface area contributed by atoms with E-state index < -0.39 is 15.9 Å². The van der Waals surface area contributed by atoms with Crippen molar-refractivity contribution in [1.29, 1.82) is 0 Å². The molecule has 2 amide bonds. The first-order valence-electron chi connectivity index (χ1n) is 9.10. The Hall–Kier alpha value is -2.91. The molecule has 2 aromatic carbocycles. The molecule has 0 heterocycles. The molecule has 0 atom stereocenters. The Morgan fingerprint density at radius 2 is 1.62 bits per heavy atom. The number of nitrogens with one attached hydrogen (secondary N) is 2. The normalized spacial score (nSPS) is 11.2. The molecule has 0 aliphatic heterocycles. The number of amides is 2. The van der Waals surface area contributed by atoms with Crippen molar-refractivity contribution in [2.75, 3.05) is 30.8 Å². The lowest BCUT2D eigenvalue weighted by molar-refractivity contribution is -0.114. The van der Waals surface area contributed by atoms with Crippen LogP contribution >= 0.6 is 0 Å². The van der Waals surface area contributed by atoms with Gasteiger partial charge in [-0.25, -0.2) is 8.42 Å². The third-order valence-corrected chi connectivity index (χ3v) is 6.28. The van der Waals surface area contributed by atoms with Crippen molar-refractivity contribution in [3.63, 3.8) is 0 Å². The molecular formula is C20H25N3O5S. The van der Waals surface area contributed by atoms with Gasteiger partial charge in [0.25, 0.3) is 5.91 Å². The highest BCUT2D eigenvalue weighted by Gasteiger charge is 2.23. The van der Waals surface area contributed by atoms with E-state index in [1.54, 1.807) is 38.1 Å². The minimum absolute atomic E-state index is 0.0679. The molecule has 2 rings (SSSR count). The first kappa shape index (κ1) is 22.4. The molecule has 0 spiro atoms. The van der Waals surface area contributed by atoms with E-state index in [-0.39, 0.29) is 16.5 Å². The van der Waals surface area contributed by atoms with Gasteiger partial charge in [0, 0.05) is 31.3 Å². The highest BCUT2D eigenvalue weighted by molar-refractivity contribution is 7.89. The van der Waals surface area contributed by atoms with Gasteiger partial charge in [0.15, 0.2) is 0 Å². The number of methoxy groups -OCH3 is 1. The summed E-state index contributed by atoms with van der Waals surface area (Å²) in [5.41, 5.74) is 1.16. The zero-order valence-corrected chi connectivity index (χ0v) is 17.7. The van der Waals surface area contributed by atoms with Crippen molar-refractivity contribution in [2.45, 2.75) is 25.7 Å². The Kier molecular flexibility index (Phi) is 7.35. The molecular weight excluding hydrogens is 394 g/mol. The molecule has 2 N–H and O–H groups in total.